The van der Waals surface area contributed by atoms with Gasteiger partial charge in [0.15, 0.2) is 6.21 Å². The van der Waals surface area contributed by atoms with E-state index in [0.717, 1.165) is 38.2 Å². The molecule has 1 saturated carbocycles. The van der Waals surface area contributed by atoms with Crippen LogP contribution in [0.15, 0.2) is 29.7 Å². The number of halogens is 1. The van der Waals surface area contributed by atoms with Gasteiger partial charge < -0.3 is 20.3 Å². The Morgan fingerprint density at radius 2 is 2.11 bits per heavy atom. The number of carbonyl (C=O) groups is 1. The summed E-state index contributed by atoms with van der Waals surface area (Å²) in [6.45, 7) is 7.91. The molecular formula is C20H29FN4O2+2. The van der Waals surface area contributed by atoms with Gasteiger partial charge in [-0.2, -0.15) is 0 Å². The van der Waals surface area contributed by atoms with Crippen LogP contribution in [0, 0.1) is 24.6 Å². The van der Waals surface area contributed by atoms with E-state index in [2.05, 4.69) is 22.5 Å². The van der Waals surface area contributed by atoms with Crippen molar-refractivity contribution in [2.45, 2.75) is 20.3 Å². The van der Waals surface area contributed by atoms with E-state index in [1.165, 1.54) is 18.3 Å². The quantitative estimate of drug-likeness (QED) is 0.346. The zero-order valence-electron chi connectivity index (χ0n) is 16.0. The van der Waals surface area contributed by atoms with Gasteiger partial charge in [0.25, 0.3) is 5.91 Å². The summed E-state index contributed by atoms with van der Waals surface area (Å²) in [4.78, 5) is 15.0. The lowest BCUT2D eigenvalue weighted by Gasteiger charge is -2.28. The predicted molar refractivity (Wildman–Crippen MR) is 101 cm³/mol. The number of amides is 1. The number of ether oxygens (including phenoxy) is 1. The second-order valence-corrected chi connectivity index (χ2v) is 7.49. The van der Waals surface area contributed by atoms with E-state index in [0.29, 0.717) is 29.8 Å². The number of hydrogen-bond acceptors (Lipinski definition) is 3. The van der Waals surface area contributed by atoms with Crippen molar-refractivity contribution in [2.75, 3.05) is 38.1 Å². The van der Waals surface area contributed by atoms with Gasteiger partial charge in [-0.1, -0.05) is 6.92 Å². The second kappa shape index (κ2) is 8.52. The summed E-state index contributed by atoms with van der Waals surface area (Å²) in [5, 5.41) is 10.9. The fourth-order valence-corrected chi connectivity index (χ4v) is 3.39. The van der Waals surface area contributed by atoms with Crippen LogP contribution in [0.4, 0.5) is 10.1 Å². The summed E-state index contributed by atoms with van der Waals surface area (Å²) < 4.78 is 19.6. The largest absolute Gasteiger partial charge is 0.486 e. The average Bonchev–Trinajstić information content (AvgIpc) is 3.33. The minimum atomic E-state index is -0.403. The number of aryl methyl sites for hydroxylation is 1. The average molecular weight is 376 g/mol. The molecule has 1 aliphatic carbocycles. The molecule has 2 unspecified atom stereocenters. The summed E-state index contributed by atoms with van der Waals surface area (Å²) in [7, 11) is 0. The molecule has 1 aromatic carbocycles. The number of quaternary nitrogens is 1. The molecule has 2 atom stereocenters. The highest BCUT2D eigenvalue weighted by Crippen LogP contribution is 2.38. The fourth-order valence-electron chi connectivity index (χ4n) is 3.39. The van der Waals surface area contributed by atoms with Crippen LogP contribution < -0.4 is 16.0 Å². The lowest BCUT2D eigenvalue weighted by molar-refractivity contribution is -0.662. The molecule has 1 saturated heterocycles. The number of allylic oxidation sites excluding steroid dienone is 1. The van der Waals surface area contributed by atoms with Crippen molar-refractivity contribution in [3.63, 3.8) is 0 Å². The van der Waals surface area contributed by atoms with Crippen molar-refractivity contribution in [3.05, 3.63) is 41.0 Å². The highest BCUT2D eigenvalue weighted by molar-refractivity contribution is 6.05. The molecule has 0 bridgehead atoms. The maximum Gasteiger partial charge on any atom is 0.293 e. The van der Waals surface area contributed by atoms with Gasteiger partial charge in [-0.05, 0) is 48.9 Å². The third-order valence-electron chi connectivity index (χ3n) is 5.16. The van der Waals surface area contributed by atoms with E-state index in [1.807, 2.05) is 0 Å². The lowest BCUT2D eigenvalue weighted by atomic mass is 10.2. The summed E-state index contributed by atoms with van der Waals surface area (Å²) in [5.74, 6) is 0.508. The number of nitrogens with one attached hydrogen (secondary N) is 1. The van der Waals surface area contributed by atoms with E-state index in [9.17, 15) is 9.18 Å². The molecule has 0 radical (unpaired) electrons. The fraction of sp³-hybridized carbons (Fsp3) is 0.500. The number of nitrogens with zero attached hydrogens (tertiary/aromatic N) is 1. The molecule has 146 valence electrons. The molecule has 2 fully saturated rings. The minimum absolute atomic E-state index is 0.209. The number of rotatable bonds is 7. The number of benzene rings is 1. The molecular weight excluding hydrogens is 347 g/mol. The third kappa shape index (κ3) is 5.07. The molecule has 0 spiro atoms. The van der Waals surface area contributed by atoms with Crippen LogP contribution >= 0.6 is 0 Å². The third-order valence-corrected chi connectivity index (χ3v) is 5.16. The first kappa shape index (κ1) is 19.4. The van der Waals surface area contributed by atoms with Crippen molar-refractivity contribution >= 4 is 17.8 Å². The van der Waals surface area contributed by atoms with Crippen LogP contribution in [0.1, 0.15) is 18.9 Å². The first-order valence-corrected chi connectivity index (χ1v) is 9.55. The Morgan fingerprint density at radius 3 is 2.70 bits per heavy atom. The number of carbonyl (C=O) groups excluding carboxylic acids is 1. The zero-order valence-corrected chi connectivity index (χ0v) is 16.0. The van der Waals surface area contributed by atoms with Crippen LogP contribution in [-0.4, -0.2) is 49.8 Å². The minimum Gasteiger partial charge on any atom is -0.486 e. The standard InChI is InChI=1S/C20H27FN4O2/c1-13-7-16(21)10-17(8-13)24-20(26)19(27-12-15-9-14(15)2)18(11-22)25-5-3-23-4-6-25/h7-8,10-11,14-15,22-23H,3-6,9,12H2,1-2H3,(H,24,26)/p+2/b19-18-,22-11?. The predicted octanol–water partition coefficient (Wildman–Crippen LogP) is -0.334. The molecule has 2 aliphatic rings. The molecule has 5 N–H and O–H groups in total. The summed E-state index contributed by atoms with van der Waals surface area (Å²) >= 11 is 0. The number of piperazine rings is 1. The van der Waals surface area contributed by atoms with Crippen molar-refractivity contribution in [1.29, 1.82) is 0 Å². The van der Waals surface area contributed by atoms with E-state index in [-0.39, 0.29) is 11.6 Å². The lowest BCUT2D eigenvalue weighted by Crippen LogP contribution is -2.89. The van der Waals surface area contributed by atoms with Crippen molar-refractivity contribution in [2.24, 2.45) is 11.8 Å². The van der Waals surface area contributed by atoms with E-state index < -0.39 is 5.91 Å². The first-order chi connectivity index (χ1) is 13.0. The number of anilines is 1. The second-order valence-electron chi connectivity index (χ2n) is 7.49. The highest BCUT2D eigenvalue weighted by Gasteiger charge is 2.34. The van der Waals surface area contributed by atoms with Gasteiger partial charge in [0.05, 0.1) is 32.8 Å². The Hall–Kier alpha value is -2.41. The van der Waals surface area contributed by atoms with Gasteiger partial charge in [0, 0.05) is 5.69 Å². The highest BCUT2D eigenvalue weighted by atomic mass is 19.1. The smallest absolute Gasteiger partial charge is 0.293 e. The molecule has 3 rings (SSSR count). The summed E-state index contributed by atoms with van der Waals surface area (Å²) in [5.41, 5.74) is 1.74. The van der Waals surface area contributed by atoms with Crippen LogP contribution in [0.2, 0.25) is 0 Å². The van der Waals surface area contributed by atoms with Crippen LogP contribution in [0.3, 0.4) is 0 Å². The molecule has 7 heteroatoms. The summed E-state index contributed by atoms with van der Waals surface area (Å²) in [6.07, 6.45) is 2.55. The normalized spacial score (nSPS) is 22.7. The zero-order chi connectivity index (χ0) is 19.4. The Labute approximate surface area is 159 Å². The Kier molecular flexibility index (Phi) is 6.11. The van der Waals surface area contributed by atoms with Crippen LogP contribution in [-0.2, 0) is 9.53 Å². The molecule has 1 heterocycles. The van der Waals surface area contributed by atoms with Crippen LogP contribution in [0.5, 0.6) is 0 Å². The van der Waals surface area contributed by atoms with Gasteiger partial charge >= 0.3 is 0 Å². The molecule has 27 heavy (non-hydrogen) atoms. The molecule has 1 amide bonds. The van der Waals surface area contributed by atoms with E-state index >= 15 is 0 Å². The van der Waals surface area contributed by atoms with Crippen LogP contribution in [0.25, 0.3) is 0 Å². The maximum absolute atomic E-state index is 13.7. The number of hydrogen-bond donors (Lipinski definition) is 3. The Bertz CT molecular complexity index is 723. The van der Waals surface area contributed by atoms with E-state index in [4.69, 9.17) is 10.1 Å². The SMILES string of the molecule is Cc1cc(F)cc(NC(=O)/C(OCC2CC2C)=C(\C=[NH2+])N2CC[NH2+]CC2)c1. The van der Waals surface area contributed by atoms with Crippen molar-refractivity contribution < 1.29 is 24.6 Å². The van der Waals surface area contributed by atoms with Gasteiger partial charge in [-0.15, -0.1) is 0 Å². The number of nitrogens with two attached hydrogens (primary N) is 2. The Morgan fingerprint density at radius 1 is 1.41 bits per heavy atom. The topological polar surface area (TPSA) is 83.8 Å². The monoisotopic (exact) mass is 376 g/mol. The first-order valence-electron chi connectivity index (χ1n) is 9.55. The van der Waals surface area contributed by atoms with E-state index in [1.54, 1.807) is 13.0 Å². The Balaban J connectivity index is 1.83. The van der Waals surface area contributed by atoms with Crippen molar-refractivity contribution in [1.82, 2.24) is 4.90 Å². The summed E-state index contributed by atoms with van der Waals surface area (Å²) in [6, 6.07) is 4.44. The van der Waals surface area contributed by atoms with Gasteiger partial charge in [0.2, 0.25) is 5.76 Å². The van der Waals surface area contributed by atoms with Gasteiger partial charge in [-0.3, -0.25) is 10.2 Å². The molecule has 1 aliphatic heterocycles. The molecule has 0 aromatic heterocycles. The molecule has 6 nitrogen and oxygen atoms in total. The molecule has 1 aromatic rings. The van der Waals surface area contributed by atoms with Gasteiger partial charge in [-0.25, -0.2) is 4.39 Å². The van der Waals surface area contributed by atoms with Crippen molar-refractivity contribution in [3.8, 4) is 0 Å². The maximum atomic E-state index is 13.7. The van der Waals surface area contributed by atoms with Gasteiger partial charge in [0.1, 0.15) is 11.5 Å².